The molecule has 2 heterocycles. The van der Waals surface area contributed by atoms with E-state index in [2.05, 4.69) is 15.3 Å². The lowest BCUT2D eigenvalue weighted by molar-refractivity contribution is -0.119. The number of pyridine rings is 1. The Morgan fingerprint density at radius 2 is 2.17 bits per heavy atom. The van der Waals surface area contributed by atoms with Gasteiger partial charge in [0.05, 0.1) is 30.6 Å². The van der Waals surface area contributed by atoms with Gasteiger partial charge in [0, 0.05) is 13.2 Å². The number of aromatic nitrogens is 2. The van der Waals surface area contributed by atoms with Crippen LogP contribution >= 0.6 is 11.3 Å². The predicted molar refractivity (Wildman–Crippen MR) is 95.5 cm³/mol. The van der Waals surface area contributed by atoms with Gasteiger partial charge in [-0.05, 0) is 24.3 Å². The number of fused-ring (bicyclic) bond motifs is 1. The van der Waals surface area contributed by atoms with Gasteiger partial charge in [0.15, 0.2) is 5.13 Å². The molecule has 1 aromatic carbocycles. The maximum Gasteiger partial charge on any atom is 0.239 e. The van der Waals surface area contributed by atoms with Crippen LogP contribution in [0.25, 0.3) is 10.2 Å². The van der Waals surface area contributed by atoms with Crippen molar-refractivity contribution in [2.75, 3.05) is 25.6 Å². The van der Waals surface area contributed by atoms with Gasteiger partial charge in [-0.25, -0.2) is 4.98 Å². The van der Waals surface area contributed by atoms with Crippen LogP contribution in [-0.4, -0.2) is 36.6 Å². The molecule has 0 saturated carbocycles. The van der Waals surface area contributed by atoms with Crippen molar-refractivity contribution in [3.05, 3.63) is 48.3 Å². The van der Waals surface area contributed by atoms with Gasteiger partial charge in [-0.15, -0.1) is 0 Å². The van der Waals surface area contributed by atoms with Gasteiger partial charge < -0.3 is 15.0 Å². The summed E-state index contributed by atoms with van der Waals surface area (Å²) in [6.07, 6.45) is 1.71. The number of carbonyl (C=O) groups is 1. The summed E-state index contributed by atoms with van der Waals surface area (Å²) < 4.78 is 6.36. The Morgan fingerprint density at radius 3 is 2.92 bits per heavy atom. The molecule has 124 valence electrons. The zero-order valence-electron chi connectivity index (χ0n) is 13.5. The van der Waals surface area contributed by atoms with Gasteiger partial charge in [-0.3, -0.25) is 9.78 Å². The fourth-order valence-corrected chi connectivity index (χ4v) is 3.21. The van der Waals surface area contributed by atoms with Crippen molar-refractivity contribution < 1.29 is 9.53 Å². The smallest absolute Gasteiger partial charge is 0.239 e. The van der Waals surface area contributed by atoms with Crippen molar-refractivity contribution in [2.24, 2.45) is 0 Å². The molecule has 24 heavy (non-hydrogen) atoms. The van der Waals surface area contributed by atoms with E-state index in [0.717, 1.165) is 26.8 Å². The Morgan fingerprint density at radius 1 is 1.29 bits per heavy atom. The van der Waals surface area contributed by atoms with Gasteiger partial charge in [0.25, 0.3) is 0 Å². The molecule has 0 saturated heterocycles. The van der Waals surface area contributed by atoms with E-state index in [0.29, 0.717) is 6.54 Å². The molecule has 6 nitrogen and oxygen atoms in total. The number of rotatable bonds is 6. The third-order valence-corrected chi connectivity index (χ3v) is 4.63. The normalized spacial score (nSPS) is 10.6. The zero-order valence-corrected chi connectivity index (χ0v) is 14.3. The van der Waals surface area contributed by atoms with Crippen LogP contribution in [0.15, 0.2) is 42.6 Å². The number of nitrogens with one attached hydrogen (secondary N) is 1. The lowest BCUT2D eigenvalue weighted by Gasteiger charge is -2.15. The molecule has 0 aliphatic rings. The average Bonchev–Trinajstić information content (AvgIpc) is 3.05. The van der Waals surface area contributed by atoms with Gasteiger partial charge in [0.1, 0.15) is 11.3 Å². The second-order valence-corrected chi connectivity index (χ2v) is 6.27. The van der Waals surface area contributed by atoms with Crippen molar-refractivity contribution in [3.63, 3.8) is 0 Å². The number of likely N-dealkylation sites (N-methyl/N-ethyl adjacent to an activating group) is 1. The van der Waals surface area contributed by atoms with Crippen molar-refractivity contribution >= 4 is 32.6 Å². The Hall–Kier alpha value is -2.67. The Balaban J connectivity index is 1.64. The molecule has 2 aromatic heterocycles. The number of carbonyl (C=O) groups excluding carboxylic acids is 1. The molecule has 3 aromatic rings. The molecule has 0 atom stereocenters. The number of amides is 1. The first kappa shape index (κ1) is 16.2. The summed E-state index contributed by atoms with van der Waals surface area (Å²) >= 11 is 1.53. The van der Waals surface area contributed by atoms with E-state index < -0.39 is 0 Å². The van der Waals surface area contributed by atoms with E-state index in [4.69, 9.17) is 4.74 Å². The third-order valence-electron chi connectivity index (χ3n) is 3.49. The number of thiazole rings is 1. The number of para-hydroxylation sites is 1. The number of methoxy groups -OCH3 is 1. The molecule has 3 rings (SSSR count). The molecule has 1 amide bonds. The summed E-state index contributed by atoms with van der Waals surface area (Å²) in [6.45, 7) is 0.649. The summed E-state index contributed by atoms with van der Waals surface area (Å²) in [7, 11) is 3.48. The molecule has 0 spiro atoms. The van der Waals surface area contributed by atoms with E-state index in [1.807, 2.05) is 48.3 Å². The molecular formula is C17H18N4O2S. The lowest BCUT2D eigenvalue weighted by atomic mass is 10.3. The Kier molecular flexibility index (Phi) is 4.90. The number of hydrogen-bond donors (Lipinski definition) is 1. The second kappa shape index (κ2) is 7.27. The fourth-order valence-electron chi connectivity index (χ4n) is 2.27. The maximum atomic E-state index is 12.1. The fraction of sp³-hybridized carbons (Fsp3) is 0.235. The van der Waals surface area contributed by atoms with Crippen LogP contribution in [0.5, 0.6) is 5.75 Å². The van der Waals surface area contributed by atoms with Crippen LogP contribution in [0, 0.1) is 0 Å². The number of anilines is 1. The van der Waals surface area contributed by atoms with Gasteiger partial charge in [0.2, 0.25) is 5.91 Å². The third kappa shape index (κ3) is 3.62. The number of nitrogens with zero attached hydrogens (tertiary/aromatic N) is 3. The number of hydrogen-bond acceptors (Lipinski definition) is 6. The number of benzene rings is 1. The first-order valence-electron chi connectivity index (χ1n) is 7.48. The molecule has 0 fully saturated rings. The monoisotopic (exact) mass is 342 g/mol. The van der Waals surface area contributed by atoms with E-state index >= 15 is 0 Å². The highest BCUT2D eigenvalue weighted by Gasteiger charge is 2.14. The predicted octanol–water partition coefficient (Wildman–Crippen LogP) is 2.45. The summed E-state index contributed by atoms with van der Waals surface area (Å²) in [5.41, 5.74) is 1.65. The van der Waals surface area contributed by atoms with Crippen LogP contribution in [0.3, 0.4) is 0 Å². The molecule has 0 unspecified atom stereocenters. The highest BCUT2D eigenvalue weighted by Crippen LogP contribution is 2.33. The highest BCUT2D eigenvalue weighted by atomic mass is 32.1. The van der Waals surface area contributed by atoms with Crippen LogP contribution in [0.1, 0.15) is 5.69 Å². The van der Waals surface area contributed by atoms with Gasteiger partial charge >= 0.3 is 0 Å². The average molecular weight is 342 g/mol. The van der Waals surface area contributed by atoms with Crippen LogP contribution < -0.4 is 15.0 Å². The van der Waals surface area contributed by atoms with Crippen molar-refractivity contribution in [2.45, 2.75) is 6.54 Å². The van der Waals surface area contributed by atoms with E-state index in [9.17, 15) is 4.79 Å². The molecule has 1 N–H and O–H groups in total. The maximum absolute atomic E-state index is 12.1. The van der Waals surface area contributed by atoms with Crippen LogP contribution in [0.4, 0.5) is 5.13 Å². The lowest BCUT2D eigenvalue weighted by Crippen LogP contribution is -2.34. The minimum atomic E-state index is -0.0747. The zero-order chi connectivity index (χ0) is 16.9. The van der Waals surface area contributed by atoms with Gasteiger partial charge in [-0.2, -0.15) is 0 Å². The van der Waals surface area contributed by atoms with Crippen LogP contribution in [0.2, 0.25) is 0 Å². The first-order valence-corrected chi connectivity index (χ1v) is 8.30. The summed E-state index contributed by atoms with van der Waals surface area (Å²) in [6, 6.07) is 11.4. The Bertz CT molecular complexity index is 835. The molecule has 7 heteroatoms. The van der Waals surface area contributed by atoms with Crippen molar-refractivity contribution in [1.29, 1.82) is 0 Å². The minimum Gasteiger partial charge on any atom is -0.494 e. The highest BCUT2D eigenvalue weighted by molar-refractivity contribution is 7.22. The topological polar surface area (TPSA) is 67.3 Å². The SMILES string of the molecule is COc1cccc2sc(N(C)CC(=O)NCc3ccccn3)nc12. The van der Waals surface area contributed by atoms with Crippen molar-refractivity contribution in [1.82, 2.24) is 15.3 Å². The number of ether oxygens (including phenoxy) is 1. The molecule has 0 aliphatic heterocycles. The molecule has 0 radical (unpaired) electrons. The molecular weight excluding hydrogens is 324 g/mol. The molecule has 0 bridgehead atoms. The molecule has 0 aliphatic carbocycles. The minimum absolute atomic E-state index is 0.0747. The standard InChI is InChI=1S/C17H18N4O2S/c1-21(11-15(22)19-10-12-6-3-4-9-18-12)17-20-16-13(23-2)7-5-8-14(16)24-17/h3-9H,10-11H2,1-2H3,(H,19,22). The summed E-state index contributed by atoms with van der Waals surface area (Å²) in [5.74, 6) is 0.664. The summed E-state index contributed by atoms with van der Waals surface area (Å²) in [5, 5.41) is 3.65. The van der Waals surface area contributed by atoms with Crippen LogP contribution in [-0.2, 0) is 11.3 Å². The van der Waals surface area contributed by atoms with E-state index in [1.54, 1.807) is 13.3 Å². The van der Waals surface area contributed by atoms with Crippen molar-refractivity contribution in [3.8, 4) is 5.75 Å². The summed E-state index contributed by atoms with van der Waals surface area (Å²) in [4.78, 5) is 22.7. The first-order chi connectivity index (χ1) is 11.7. The largest absolute Gasteiger partial charge is 0.494 e. The van der Waals surface area contributed by atoms with Gasteiger partial charge in [-0.1, -0.05) is 23.5 Å². The van der Waals surface area contributed by atoms with E-state index in [-0.39, 0.29) is 12.5 Å². The second-order valence-electron chi connectivity index (χ2n) is 5.26. The quantitative estimate of drug-likeness (QED) is 0.745. The Labute approximate surface area is 144 Å². The van der Waals surface area contributed by atoms with E-state index in [1.165, 1.54) is 11.3 Å².